The highest BCUT2D eigenvalue weighted by Gasteiger charge is 2.12. The van der Waals surface area contributed by atoms with Crippen LogP contribution >= 0.6 is 22.9 Å². The number of anilines is 1. The minimum absolute atomic E-state index is 0.0854. The summed E-state index contributed by atoms with van der Waals surface area (Å²) in [5.74, 6) is 0. The fraction of sp³-hybridized carbons (Fsp3) is 0.375. The number of aryl methyl sites for hydroxylation is 2. The van der Waals surface area contributed by atoms with E-state index in [9.17, 15) is 0 Å². The maximum Gasteiger partial charge on any atom is 0.0907 e. The molecule has 3 rings (SSSR count). The van der Waals surface area contributed by atoms with E-state index >= 15 is 0 Å². The molecule has 0 fully saturated rings. The average molecular weight is 351 g/mol. The molecule has 2 aromatic heterocycles. The van der Waals surface area contributed by atoms with Gasteiger partial charge in [-0.2, -0.15) is 5.10 Å². The molecule has 0 aliphatic carbocycles. The molecule has 5 nitrogen and oxygen atoms in total. The summed E-state index contributed by atoms with van der Waals surface area (Å²) in [5, 5.41) is 18.7. The second-order valence-electron chi connectivity index (χ2n) is 5.48. The van der Waals surface area contributed by atoms with Crippen LogP contribution in [0.3, 0.4) is 0 Å². The second kappa shape index (κ2) is 6.47. The van der Waals surface area contributed by atoms with Gasteiger partial charge in [-0.15, -0.1) is 11.3 Å². The van der Waals surface area contributed by atoms with Crippen LogP contribution in [-0.2, 0) is 13.1 Å². The van der Waals surface area contributed by atoms with E-state index in [4.69, 9.17) is 16.7 Å². The summed E-state index contributed by atoms with van der Waals surface area (Å²) in [6, 6.07) is 3.95. The summed E-state index contributed by atoms with van der Waals surface area (Å²) >= 11 is 8.02. The van der Waals surface area contributed by atoms with E-state index in [2.05, 4.69) is 15.4 Å². The van der Waals surface area contributed by atoms with Gasteiger partial charge >= 0.3 is 0 Å². The topological polar surface area (TPSA) is 63.0 Å². The predicted octanol–water partition coefficient (Wildman–Crippen LogP) is 3.68. The Kier molecular flexibility index (Phi) is 4.57. The summed E-state index contributed by atoms with van der Waals surface area (Å²) in [5.41, 5.74) is 5.00. The monoisotopic (exact) mass is 350 g/mol. The van der Waals surface area contributed by atoms with Crippen LogP contribution in [0.15, 0.2) is 12.1 Å². The normalized spacial score (nSPS) is 11.3. The van der Waals surface area contributed by atoms with Crippen molar-refractivity contribution in [3.63, 3.8) is 0 Å². The zero-order valence-corrected chi connectivity index (χ0v) is 14.9. The van der Waals surface area contributed by atoms with E-state index in [1.807, 2.05) is 37.6 Å². The number of hydrogen-bond acceptors (Lipinski definition) is 5. The number of fused-ring (bicyclic) bond motifs is 1. The first kappa shape index (κ1) is 16.2. The Morgan fingerprint density at radius 2 is 2.09 bits per heavy atom. The number of aliphatic hydroxyl groups excluding tert-OH is 1. The quantitative estimate of drug-likeness (QED) is 0.736. The summed E-state index contributed by atoms with van der Waals surface area (Å²) in [7, 11) is 0. The maximum atomic E-state index is 9.09. The standard InChI is InChI=1S/C16H19ClN4OS/c1-9-12(10(2)21(20-9)4-5-22)8-18-14-7-16-15(6-13(14)17)19-11(3)23-16/h6-7,18,22H,4-5,8H2,1-3H3. The lowest BCUT2D eigenvalue weighted by Crippen LogP contribution is -2.07. The second-order valence-corrected chi connectivity index (χ2v) is 7.12. The number of halogens is 1. The molecule has 0 bridgehead atoms. The fourth-order valence-corrected chi connectivity index (χ4v) is 3.76. The summed E-state index contributed by atoms with van der Waals surface area (Å²) < 4.78 is 2.96. The first-order valence-corrected chi connectivity index (χ1v) is 8.63. The first-order valence-electron chi connectivity index (χ1n) is 7.44. The summed E-state index contributed by atoms with van der Waals surface area (Å²) in [6.07, 6.45) is 0. The van der Waals surface area contributed by atoms with Crippen LogP contribution in [0.25, 0.3) is 10.2 Å². The Balaban J connectivity index is 1.84. The van der Waals surface area contributed by atoms with Crippen LogP contribution in [0.2, 0.25) is 5.02 Å². The molecule has 1 aromatic carbocycles. The van der Waals surface area contributed by atoms with E-state index in [0.717, 1.165) is 37.9 Å². The lowest BCUT2D eigenvalue weighted by atomic mass is 10.2. The molecule has 2 heterocycles. The van der Waals surface area contributed by atoms with Gasteiger partial charge < -0.3 is 10.4 Å². The molecule has 3 aromatic rings. The Hall–Kier alpha value is -1.63. The number of aromatic nitrogens is 3. The van der Waals surface area contributed by atoms with Crippen molar-refractivity contribution < 1.29 is 5.11 Å². The fourth-order valence-electron chi connectivity index (χ4n) is 2.68. The lowest BCUT2D eigenvalue weighted by molar-refractivity contribution is 0.268. The average Bonchev–Trinajstić information content (AvgIpc) is 2.97. The molecule has 0 atom stereocenters. The molecule has 0 unspecified atom stereocenters. The molecule has 0 radical (unpaired) electrons. The van der Waals surface area contributed by atoms with Gasteiger partial charge in [0.2, 0.25) is 0 Å². The van der Waals surface area contributed by atoms with Crippen molar-refractivity contribution in [1.29, 1.82) is 0 Å². The van der Waals surface area contributed by atoms with Crippen LogP contribution in [0.5, 0.6) is 0 Å². The summed E-state index contributed by atoms with van der Waals surface area (Å²) in [6.45, 7) is 7.24. The van der Waals surface area contributed by atoms with Crippen molar-refractivity contribution in [2.75, 3.05) is 11.9 Å². The Morgan fingerprint density at radius 1 is 1.30 bits per heavy atom. The molecule has 0 saturated heterocycles. The van der Waals surface area contributed by atoms with Crippen molar-refractivity contribution in [3.8, 4) is 0 Å². The van der Waals surface area contributed by atoms with Crippen LogP contribution in [-0.4, -0.2) is 26.5 Å². The minimum Gasteiger partial charge on any atom is -0.394 e. The zero-order valence-electron chi connectivity index (χ0n) is 13.4. The number of rotatable bonds is 5. The molecule has 2 N–H and O–H groups in total. The molecule has 0 saturated carbocycles. The van der Waals surface area contributed by atoms with Crippen molar-refractivity contribution in [1.82, 2.24) is 14.8 Å². The van der Waals surface area contributed by atoms with E-state index in [-0.39, 0.29) is 6.61 Å². The molecular formula is C16H19ClN4OS. The Labute approximate surface area is 143 Å². The molecular weight excluding hydrogens is 332 g/mol. The van der Waals surface area contributed by atoms with Gasteiger partial charge in [0.25, 0.3) is 0 Å². The van der Waals surface area contributed by atoms with Gasteiger partial charge in [0.05, 0.1) is 44.8 Å². The number of aliphatic hydroxyl groups is 1. The highest BCUT2D eigenvalue weighted by molar-refractivity contribution is 7.18. The van der Waals surface area contributed by atoms with Crippen LogP contribution in [0.4, 0.5) is 5.69 Å². The van der Waals surface area contributed by atoms with Crippen LogP contribution < -0.4 is 5.32 Å². The SMILES string of the molecule is Cc1nc2cc(Cl)c(NCc3c(C)nn(CCO)c3C)cc2s1. The third-order valence-electron chi connectivity index (χ3n) is 3.88. The van der Waals surface area contributed by atoms with Gasteiger partial charge in [-0.1, -0.05) is 11.6 Å². The van der Waals surface area contributed by atoms with Gasteiger partial charge in [-0.25, -0.2) is 4.98 Å². The van der Waals surface area contributed by atoms with Crippen LogP contribution in [0.1, 0.15) is 22.0 Å². The molecule has 122 valence electrons. The molecule has 7 heteroatoms. The molecule has 23 heavy (non-hydrogen) atoms. The van der Waals surface area contributed by atoms with Crippen molar-refractivity contribution >= 4 is 38.8 Å². The highest BCUT2D eigenvalue weighted by Crippen LogP contribution is 2.31. The largest absolute Gasteiger partial charge is 0.394 e. The van der Waals surface area contributed by atoms with Gasteiger partial charge in [-0.3, -0.25) is 4.68 Å². The number of hydrogen-bond donors (Lipinski definition) is 2. The van der Waals surface area contributed by atoms with Gasteiger partial charge in [0.1, 0.15) is 0 Å². The van der Waals surface area contributed by atoms with Crippen molar-refractivity contribution in [2.45, 2.75) is 33.9 Å². The third-order valence-corrected chi connectivity index (χ3v) is 5.13. The first-order chi connectivity index (χ1) is 11.0. The smallest absolute Gasteiger partial charge is 0.0907 e. The summed E-state index contributed by atoms with van der Waals surface area (Å²) in [4.78, 5) is 4.45. The van der Waals surface area contributed by atoms with Gasteiger partial charge in [0, 0.05) is 17.8 Å². The van der Waals surface area contributed by atoms with E-state index in [0.29, 0.717) is 18.1 Å². The van der Waals surface area contributed by atoms with Crippen LogP contribution in [0, 0.1) is 20.8 Å². The van der Waals surface area contributed by atoms with Crippen molar-refractivity contribution in [2.24, 2.45) is 0 Å². The van der Waals surface area contributed by atoms with Gasteiger partial charge in [-0.05, 0) is 32.9 Å². The third kappa shape index (κ3) is 3.20. The van der Waals surface area contributed by atoms with E-state index in [1.165, 1.54) is 0 Å². The maximum absolute atomic E-state index is 9.09. The number of thiazole rings is 1. The van der Waals surface area contributed by atoms with E-state index < -0.39 is 0 Å². The number of nitrogens with one attached hydrogen (secondary N) is 1. The van der Waals surface area contributed by atoms with E-state index in [1.54, 1.807) is 11.3 Å². The molecule has 0 spiro atoms. The molecule has 0 aliphatic heterocycles. The minimum atomic E-state index is 0.0854. The van der Waals surface area contributed by atoms with Crippen molar-refractivity contribution in [3.05, 3.63) is 39.1 Å². The number of benzene rings is 1. The lowest BCUT2D eigenvalue weighted by Gasteiger charge is -2.09. The highest BCUT2D eigenvalue weighted by atomic mass is 35.5. The predicted molar refractivity (Wildman–Crippen MR) is 95.5 cm³/mol. The zero-order chi connectivity index (χ0) is 16.6. The van der Waals surface area contributed by atoms with Gasteiger partial charge in [0.15, 0.2) is 0 Å². The molecule has 0 amide bonds. The number of nitrogens with zero attached hydrogens (tertiary/aromatic N) is 3. The molecule has 0 aliphatic rings. The Bertz CT molecular complexity index is 855. The Morgan fingerprint density at radius 3 is 2.83 bits per heavy atom.